The quantitative estimate of drug-likeness (QED) is 0.647. The Morgan fingerprint density at radius 3 is 2.27 bits per heavy atom. The molecule has 15 heavy (non-hydrogen) atoms. The van der Waals surface area contributed by atoms with Crippen LogP contribution in [0, 0.1) is 23.2 Å². The van der Waals surface area contributed by atoms with Gasteiger partial charge in [0.05, 0.1) is 0 Å². The van der Waals surface area contributed by atoms with Gasteiger partial charge in [-0.25, -0.2) is 0 Å². The summed E-state index contributed by atoms with van der Waals surface area (Å²) in [5, 5.41) is 0. The highest BCUT2D eigenvalue weighted by molar-refractivity contribution is 5.90. The van der Waals surface area contributed by atoms with Crippen LogP contribution in [0.2, 0.25) is 0 Å². The number of nitrogens with zero attached hydrogens (tertiary/aromatic N) is 1. The third kappa shape index (κ3) is 3.06. The van der Waals surface area contributed by atoms with Crippen molar-refractivity contribution in [2.45, 2.75) is 54.4 Å². The predicted octanol–water partition coefficient (Wildman–Crippen LogP) is 4.18. The summed E-state index contributed by atoms with van der Waals surface area (Å²) < 4.78 is 0. The molecule has 0 aromatic heterocycles. The molecule has 0 fully saturated rings. The molecule has 0 aromatic rings. The lowest BCUT2D eigenvalue weighted by Gasteiger charge is -2.38. The lowest BCUT2D eigenvalue weighted by molar-refractivity contribution is 0.240. The molecule has 0 aliphatic carbocycles. The summed E-state index contributed by atoms with van der Waals surface area (Å²) in [7, 11) is 0. The maximum Gasteiger partial charge on any atom is 0.0389 e. The lowest BCUT2D eigenvalue weighted by atomic mass is 9.68. The number of hydrogen-bond donors (Lipinski definition) is 0. The largest absolute Gasteiger partial charge is 0.294 e. The molecule has 2 atom stereocenters. The van der Waals surface area contributed by atoms with Gasteiger partial charge in [0.2, 0.25) is 0 Å². The van der Waals surface area contributed by atoms with E-state index in [0.29, 0.717) is 23.2 Å². The minimum Gasteiger partial charge on any atom is -0.294 e. The number of hydrogen-bond acceptors (Lipinski definition) is 1. The van der Waals surface area contributed by atoms with Crippen molar-refractivity contribution < 1.29 is 0 Å². The topological polar surface area (TPSA) is 12.4 Å². The van der Waals surface area contributed by atoms with Crippen LogP contribution in [0.1, 0.15) is 54.4 Å². The van der Waals surface area contributed by atoms with Gasteiger partial charge >= 0.3 is 0 Å². The Balaban J connectivity index is 2.94. The molecule has 1 rings (SSSR count). The lowest BCUT2D eigenvalue weighted by Crippen LogP contribution is -2.37. The van der Waals surface area contributed by atoms with E-state index in [-0.39, 0.29) is 0 Å². The molecule has 88 valence electrons. The molecule has 0 aromatic carbocycles. The fourth-order valence-electron chi connectivity index (χ4n) is 3.10. The van der Waals surface area contributed by atoms with E-state index in [4.69, 9.17) is 4.99 Å². The zero-order chi connectivity index (χ0) is 11.6. The Morgan fingerprint density at radius 2 is 1.87 bits per heavy atom. The molecule has 0 spiro atoms. The summed E-state index contributed by atoms with van der Waals surface area (Å²) in [6.07, 6.45) is 2.61. The third-order valence-electron chi connectivity index (χ3n) is 3.51. The Hall–Kier alpha value is -0.330. The van der Waals surface area contributed by atoms with Crippen molar-refractivity contribution in [3.8, 4) is 0 Å². The monoisotopic (exact) mass is 209 g/mol. The van der Waals surface area contributed by atoms with Crippen LogP contribution in [0.25, 0.3) is 0 Å². The second-order valence-corrected chi connectivity index (χ2v) is 6.44. The van der Waals surface area contributed by atoms with E-state index in [1.807, 2.05) is 0 Å². The van der Waals surface area contributed by atoms with Gasteiger partial charge in [0.25, 0.3) is 0 Å². The van der Waals surface area contributed by atoms with Crippen LogP contribution in [0.5, 0.6) is 0 Å². The van der Waals surface area contributed by atoms with Crippen molar-refractivity contribution in [2.24, 2.45) is 28.2 Å². The van der Waals surface area contributed by atoms with Crippen LogP contribution >= 0.6 is 0 Å². The molecule has 1 aliphatic rings. The number of aliphatic imine (C=N–C) groups is 1. The van der Waals surface area contributed by atoms with Gasteiger partial charge in [-0.3, -0.25) is 4.99 Å². The maximum atomic E-state index is 4.82. The summed E-state index contributed by atoms with van der Waals surface area (Å²) in [6.45, 7) is 15.1. The highest BCUT2D eigenvalue weighted by Crippen LogP contribution is 2.37. The highest BCUT2D eigenvalue weighted by Gasteiger charge is 2.34. The van der Waals surface area contributed by atoms with E-state index in [2.05, 4.69) is 41.5 Å². The first kappa shape index (κ1) is 12.7. The smallest absolute Gasteiger partial charge is 0.0389 e. The van der Waals surface area contributed by atoms with Gasteiger partial charge in [0.15, 0.2) is 0 Å². The standard InChI is InChI=1S/C14H27N/c1-10(2)12(14(4,5)6)13-11(3)8-7-9-15-13/h10-12H,7-9H2,1-6H3. The molecular formula is C14H27N. The first-order valence-electron chi connectivity index (χ1n) is 6.38. The summed E-state index contributed by atoms with van der Waals surface area (Å²) in [5.41, 5.74) is 1.84. The molecule has 0 bridgehead atoms. The molecule has 0 N–H and O–H groups in total. The van der Waals surface area contributed by atoms with Crippen LogP contribution in [0.3, 0.4) is 0 Å². The summed E-state index contributed by atoms with van der Waals surface area (Å²) in [6, 6.07) is 0. The first-order chi connectivity index (χ1) is 6.84. The second kappa shape index (κ2) is 4.67. The van der Waals surface area contributed by atoms with Gasteiger partial charge in [-0.05, 0) is 30.1 Å². The highest BCUT2D eigenvalue weighted by atomic mass is 14.8. The van der Waals surface area contributed by atoms with Gasteiger partial charge in [0, 0.05) is 18.2 Å². The minimum absolute atomic E-state index is 0.346. The minimum atomic E-state index is 0.346. The van der Waals surface area contributed by atoms with Crippen LogP contribution in [0.4, 0.5) is 0 Å². The zero-order valence-electron chi connectivity index (χ0n) is 11.3. The van der Waals surface area contributed by atoms with Crippen molar-refractivity contribution in [1.82, 2.24) is 0 Å². The van der Waals surface area contributed by atoms with Gasteiger partial charge in [-0.1, -0.05) is 41.5 Å². The Kier molecular flexibility index (Phi) is 3.97. The molecule has 0 radical (unpaired) electrons. The second-order valence-electron chi connectivity index (χ2n) is 6.44. The molecule has 1 nitrogen and oxygen atoms in total. The third-order valence-corrected chi connectivity index (χ3v) is 3.51. The first-order valence-corrected chi connectivity index (χ1v) is 6.38. The van der Waals surface area contributed by atoms with Crippen molar-refractivity contribution in [2.75, 3.05) is 6.54 Å². The van der Waals surface area contributed by atoms with Crippen LogP contribution in [-0.2, 0) is 0 Å². The predicted molar refractivity (Wildman–Crippen MR) is 68.5 cm³/mol. The Bertz CT molecular complexity index is 232. The average Bonchev–Trinajstić information content (AvgIpc) is 2.05. The fraction of sp³-hybridized carbons (Fsp3) is 0.929. The van der Waals surface area contributed by atoms with Gasteiger partial charge in [0.1, 0.15) is 0 Å². The van der Waals surface area contributed by atoms with Gasteiger partial charge < -0.3 is 0 Å². The maximum absolute atomic E-state index is 4.82. The van der Waals surface area contributed by atoms with E-state index in [1.165, 1.54) is 18.6 Å². The summed E-state index contributed by atoms with van der Waals surface area (Å²) in [4.78, 5) is 4.82. The van der Waals surface area contributed by atoms with Crippen molar-refractivity contribution in [3.63, 3.8) is 0 Å². The van der Waals surface area contributed by atoms with E-state index in [0.717, 1.165) is 6.54 Å². The molecule has 2 unspecified atom stereocenters. The van der Waals surface area contributed by atoms with Crippen LogP contribution in [-0.4, -0.2) is 12.3 Å². The normalized spacial score (nSPS) is 25.3. The molecule has 1 heteroatoms. The van der Waals surface area contributed by atoms with Crippen LogP contribution in [0.15, 0.2) is 4.99 Å². The molecule has 0 saturated heterocycles. The summed E-state index contributed by atoms with van der Waals surface area (Å²) >= 11 is 0. The van der Waals surface area contributed by atoms with Gasteiger partial charge in [-0.15, -0.1) is 0 Å². The Labute approximate surface area is 95.4 Å². The Morgan fingerprint density at radius 1 is 1.27 bits per heavy atom. The van der Waals surface area contributed by atoms with Crippen LogP contribution < -0.4 is 0 Å². The summed E-state index contributed by atoms with van der Waals surface area (Å²) in [5.74, 6) is 2.04. The van der Waals surface area contributed by atoms with E-state index >= 15 is 0 Å². The average molecular weight is 209 g/mol. The van der Waals surface area contributed by atoms with E-state index < -0.39 is 0 Å². The van der Waals surface area contributed by atoms with E-state index in [1.54, 1.807) is 0 Å². The molecule has 0 saturated carbocycles. The fourth-order valence-corrected chi connectivity index (χ4v) is 3.10. The molecule has 0 amide bonds. The SMILES string of the molecule is CC1CCCN=C1C(C(C)C)C(C)(C)C. The van der Waals surface area contributed by atoms with Gasteiger partial charge in [-0.2, -0.15) is 0 Å². The van der Waals surface area contributed by atoms with Crippen molar-refractivity contribution in [1.29, 1.82) is 0 Å². The van der Waals surface area contributed by atoms with Crippen molar-refractivity contribution >= 4 is 5.71 Å². The molecule has 1 aliphatic heterocycles. The molecule has 1 heterocycles. The van der Waals surface area contributed by atoms with Crippen molar-refractivity contribution in [3.05, 3.63) is 0 Å². The zero-order valence-corrected chi connectivity index (χ0v) is 11.3. The molecular weight excluding hydrogens is 182 g/mol. The van der Waals surface area contributed by atoms with E-state index in [9.17, 15) is 0 Å². The number of rotatable bonds is 2.